The van der Waals surface area contributed by atoms with Crippen LogP contribution in [-0.4, -0.2) is 40.4 Å². The van der Waals surface area contributed by atoms with E-state index < -0.39 is 0 Å². The number of amides is 1. The number of hydrogen-bond donors (Lipinski definition) is 1. The van der Waals surface area contributed by atoms with Crippen LogP contribution in [0.15, 0.2) is 0 Å². The molecule has 0 aromatic carbocycles. The Morgan fingerprint density at radius 1 is 1.22 bits per heavy atom. The normalized spacial score (nSPS) is 17.3. The quantitative estimate of drug-likeness (QED) is 0.857. The first-order chi connectivity index (χ1) is 11.2. The Labute approximate surface area is 140 Å². The van der Waals surface area contributed by atoms with E-state index in [0.717, 1.165) is 61.8 Å². The summed E-state index contributed by atoms with van der Waals surface area (Å²) in [5.41, 5.74) is 1.46. The topological polar surface area (TPSA) is 58.1 Å². The number of aromatic nitrogens is 2. The first-order valence-electron chi connectivity index (χ1n) is 8.53. The molecule has 4 rings (SSSR count). The van der Waals surface area contributed by atoms with Crippen molar-refractivity contribution in [2.24, 2.45) is 0 Å². The predicted octanol–water partition coefficient (Wildman–Crippen LogP) is 2.91. The molecule has 1 N–H and O–H groups in total. The fraction of sp³-hybridized carbons (Fsp3) is 0.588. The van der Waals surface area contributed by atoms with E-state index in [4.69, 9.17) is 0 Å². The molecule has 2 aliphatic rings. The van der Waals surface area contributed by atoms with Gasteiger partial charge in [-0.15, -0.1) is 11.3 Å². The summed E-state index contributed by atoms with van der Waals surface area (Å²) in [5, 5.41) is 4.74. The Morgan fingerprint density at radius 3 is 2.96 bits per heavy atom. The van der Waals surface area contributed by atoms with Crippen molar-refractivity contribution in [3.8, 4) is 0 Å². The molecule has 3 heterocycles. The van der Waals surface area contributed by atoms with Crippen LogP contribution in [0.3, 0.4) is 0 Å². The van der Waals surface area contributed by atoms with E-state index in [-0.39, 0.29) is 0 Å². The molecule has 0 radical (unpaired) electrons. The highest BCUT2D eigenvalue weighted by molar-refractivity contribution is 7.19. The van der Waals surface area contributed by atoms with Gasteiger partial charge in [-0.05, 0) is 44.6 Å². The van der Waals surface area contributed by atoms with Crippen LogP contribution in [0.25, 0.3) is 10.2 Å². The molecular weight excluding hydrogens is 308 g/mol. The molecule has 2 aromatic heterocycles. The van der Waals surface area contributed by atoms with Crippen molar-refractivity contribution in [2.45, 2.75) is 45.4 Å². The van der Waals surface area contributed by atoms with Gasteiger partial charge in [0.25, 0.3) is 0 Å². The number of anilines is 1. The van der Waals surface area contributed by atoms with E-state index >= 15 is 0 Å². The van der Waals surface area contributed by atoms with Crippen LogP contribution in [0, 0.1) is 6.92 Å². The molecule has 122 valence electrons. The highest BCUT2D eigenvalue weighted by atomic mass is 32.1. The van der Waals surface area contributed by atoms with Gasteiger partial charge in [-0.3, -0.25) is 4.79 Å². The van der Waals surface area contributed by atoms with Gasteiger partial charge in [-0.2, -0.15) is 0 Å². The van der Waals surface area contributed by atoms with Crippen molar-refractivity contribution in [2.75, 3.05) is 25.0 Å². The van der Waals surface area contributed by atoms with E-state index in [0.29, 0.717) is 5.91 Å². The zero-order valence-corrected chi connectivity index (χ0v) is 14.3. The molecule has 5 nitrogen and oxygen atoms in total. The number of carbonyl (C=O) groups excluding carboxylic acids is 1. The van der Waals surface area contributed by atoms with E-state index in [1.54, 1.807) is 0 Å². The van der Waals surface area contributed by atoms with Crippen molar-refractivity contribution in [1.29, 1.82) is 0 Å². The van der Waals surface area contributed by atoms with Crippen molar-refractivity contribution in [3.05, 3.63) is 16.3 Å². The Kier molecular flexibility index (Phi) is 3.93. The minimum Gasteiger partial charge on any atom is -0.369 e. The number of rotatable bonds is 5. The smallest absolute Gasteiger partial charge is 0.222 e. The summed E-state index contributed by atoms with van der Waals surface area (Å²) in [6, 6.07) is 0. The summed E-state index contributed by atoms with van der Waals surface area (Å²) in [4.78, 5) is 25.5. The van der Waals surface area contributed by atoms with Gasteiger partial charge in [0.2, 0.25) is 5.91 Å². The number of aryl methyl sites for hydroxylation is 3. The van der Waals surface area contributed by atoms with Crippen LogP contribution in [0.5, 0.6) is 0 Å². The van der Waals surface area contributed by atoms with Gasteiger partial charge in [-0.1, -0.05) is 0 Å². The number of fused-ring (bicyclic) bond motifs is 3. The molecular formula is C17H22N4OS. The van der Waals surface area contributed by atoms with Gasteiger partial charge < -0.3 is 10.2 Å². The summed E-state index contributed by atoms with van der Waals surface area (Å²) in [7, 11) is 0. The largest absolute Gasteiger partial charge is 0.369 e. The Hall–Kier alpha value is -1.69. The molecule has 1 saturated heterocycles. The van der Waals surface area contributed by atoms with E-state index in [1.807, 2.05) is 23.2 Å². The van der Waals surface area contributed by atoms with Crippen LogP contribution in [0.4, 0.5) is 5.82 Å². The van der Waals surface area contributed by atoms with Gasteiger partial charge in [0.1, 0.15) is 16.5 Å². The SMILES string of the molecule is Cc1nc(NCCCN2CCCC2=O)c2c3c(sc2n1)CCC3. The van der Waals surface area contributed by atoms with Crippen LogP contribution in [0.2, 0.25) is 0 Å². The third kappa shape index (κ3) is 2.80. The zero-order valence-electron chi connectivity index (χ0n) is 13.5. The first-order valence-corrected chi connectivity index (χ1v) is 9.34. The molecule has 0 unspecified atom stereocenters. The van der Waals surface area contributed by atoms with Gasteiger partial charge in [0, 0.05) is 30.9 Å². The lowest BCUT2D eigenvalue weighted by molar-refractivity contribution is -0.127. The summed E-state index contributed by atoms with van der Waals surface area (Å²) in [6.45, 7) is 4.58. The van der Waals surface area contributed by atoms with Gasteiger partial charge in [0.15, 0.2) is 0 Å². The number of nitrogens with one attached hydrogen (secondary N) is 1. The molecule has 1 fully saturated rings. The molecule has 1 amide bonds. The molecule has 0 atom stereocenters. The summed E-state index contributed by atoms with van der Waals surface area (Å²) >= 11 is 1.83. The van der Waals surface area contributed by atoms with E-state index in [1.165, 1.54) is 28.7 Å². The van der Waals surface area contributed by atoms with Crippen molar-refractivity contribution in [1.82, 2.24) is 14.9 Å². The lowest BCUT2D eigenvalue weighted by Gasteiger charge is -2.15. The maximum Gasteiger partial charge on any atom is 0.222 e. The average Bonchev–Trinajstić information content (AvgIpc) is 3.19. The van der Waals surface area contributed by atoms with Crippen LogP contribution in [0.1, 0.15) is 41.9 Å². The fourth-order valence-corrected chi connectivity index (χ4v) is 4.95. The second kappa shape index (κ2) is 6.07. The lowest BCUT2D eigenvalue weighted by Crippen LogP contribution is -2.27. The highest BCUT2D eigenvalue weighted by Gasteiger charge is 2.22. The average molecular weight is 330 g/mol. The molecule has 0 spiro atoms. The van der Waals surface area contributed by atoms with Crippen molar-refractivity contribution in [3.63, 3.8) is 0 Å². The minimum atomic E-state index is 0.306. The molecule has 1 aliphatic carbocycles. The third-order valence-electron chi connectivity index (χ3n) is 4.75. The zero-order chi connectivity index (χ0) is 15.8. The minimum absolute atomic E-state index is 0.306. The number of hydrogen-bond acceptors (Lipinski definition) is 5. The first kappa shape index (κ1) is 14.9. The number of likely N-dealkylation sites (tertiary alicyclic amines) is 1. The van der Waals surface area contributed by atoms with Crippen molar-refractivity contribution >= 4 is 33.3 Å². The Bertz CT molecular complexity index is 755. The Balaban J connectivity index is 1.47. The van der Waals surface area contributed by atoms with Gasteiger partial charge in [0.05, 0.1) is 5.39 Å². The van der Waals surface area contributed by atoms with Crippen LogP contribution in [-0.2, 0) is 17.6 Å². The molecule has 2 aromatic rings. The monoisotopic (exact) mass is 330 g/mol. The molecule has 0 bridgehead atoms. The van der Waals surface area contributed by atoms with Crippen molar-refractivity contribution < 1.29 is 4.79 Å². The number of nitrogens with zero attached hydrogens (tertiary/aromatic N) is 3. The second-order valence-corrected chi connectivity index (χ2v) is 7.51. The van der Waals surface area contributed by atoms with Crippen LogP contribution < -0.4 is 5.32 Å². The van der Waals surface area contributed by atoms with Crippen LogP contribution >= 0.6 is 11.3 Å². The summed E-state index contributed by atoms with van der Waals surface area (Å²) in [6.07, 6.45) is 6.29. The standard InChI is InChI=1S/C17H22N4OS/c1-11-19-16(18-8-4-10-21-9-3-7-14(21)22)15-12-5-2-6-13(12)23-17(15)20-11/h2-10H2,1H3,(H,18,19,20). The van der Waals surface area contributed by atoms with E-state index in [2.05, 4.69) is 15.3 Å². The van der Waals surface area contributed by atoms with Gasteiger partial charge in [-0.25, -0.2) is 9.97 Å². The summed E-state index contributed by atoms with van der Waals surface area (Å²) in [5.74, 6) is 2.12. The highest BCUT2D eigenvalue weighted by Crippen LogP contribution is 2.39. The maximum atomic E-state index is 11.6. The second-order valence-electron chi connectivity index (χ2n) is 6.42. The molecule has 23 heavy (non-hydrogen) atoms. The van der Waals surface area contributed by atoms with E-state index in [9.17, 15) is 4.79 Å². The fourth-order valence-electron chi connectivity index (χ4n) is 3.65. The Morgan fingerprint density at radius 2 is 2.13 bits per heavy atom. The number of carbonyl (C=O) groups is 1. The maximum absolute atomic E-state index is 11.6. The molecule has 1 aliphatic heterocycles. The van der Waals surface area contributed by atoms with Gasteiger partial charge >= 0.3 is 0 Å². The third-order valence-corrected chi connectivity index (χ3v) is 5.93. The predicted molar refractivity (Wildman–Crippen MR) is 93.1 cm³/mol. The lowest BCUT2D eigenvalue weighted by atomic mass is 10.2. The summed E-state index contributed by atoms with van der Waals surface area (Å²) < 4.78 is 0. The number of thiophene rings is 1. The molecule has 0 saturated carbocycles. The molecule has 6 heteroatoms.